The summed E-state index contributed by atoms with van der Waals surface area (Å²) in [5.74, 6) is -0.190. The highest BCUT2D eigenvalue weighted by Crippen LogP contribution is 2.29. The molecule has 1 aromatic carbocycles. The average molecular weight is 322 g/mol. The van der Waals surface area contributed by atoms with E-state index >= 15 is 0 Å². The van der Waals surface area contributed by atoms with Crippen molar-refractivity contribution in [3.8, 4) is 0 Å². The van der Waals surface area contributed by atoms with E-state index < -0.39 is 6.10 Å². The van der Waals surface area contributed by atoms with E-state index in [-0.39, 0.29) is 5.91 Å². The molecular formula is C16H22N2O3S. The van der Waals surface area contributed by atoms with Crippen molar-refractivity contribution in [1.29, 1.82) is 0 Å². The van der Waals surface area contributed by atoms with Gasteiger partial charge < -0.3 is 9.47 Å². The number of thiazole rings is 1. The fourth-order valence-corrected chi connectivity index (χ4v) is 3.18. The van der Waals surface area contributed by atoms with Crippen LogP contribution in [0.3, 0.4) is 0 Å². The highest BCUT2D eigenvalue weighted by molar-refractivity contribution is 7.22. The molecule has 22 heavy (non-hydrogen) atoms. The van der Waals surface area contributed by atoms with Crippen LogP contribution in [0.4, 0.5) is 5.13 Å². The number of aryl methyl sites for hydroxylation is 2. The molecule has 0 aliphatic heterocycles. The molecule has 0 bridgehead atoms. The number of ether oxygens (including phenoxy) is 2. The molecule has 0 saturated heterocycles. The van der Waals surface area contributed by atoms with Crippen LogP contribution in [0.15, 0.2) is 12.1 Å². The number of hydrogen-bond donors (Lipinski definition) is 1. The lowest BCUT2D eigenvalue weighted by molar-refractivity contribution is -0.127. The van der Waals surface area contributed by atoms with E-state index in [0.717, 1.165) is 15.8 Å². The van der Waals surface area contributed by atoms with Crippen LogP contribution in [0.25, 0.3) is 10.2 Å². The van der Waals surface area contributed by atoms with Crippen LogP contribution in [0.1, 0.15) is 25.0 Å². The number of carbonyl (C=O) groups is 1. The molecular weight excluding hydrogens is 300 g/mol. The summed E-state index contributed by atoms with van der Waals surface area (Å²) >= 11 is 1.48. The van der Waals surface area contributed by atoms with Gasteiger partial charge >= 0.3 is 0 Å². The lowest BCUT2D eigenvalue weighted by atomic mass is 10.1. The minimum Gasteiger partial charge on any atom is -0.379 e. The minimum atomic E-state index is -0.532. The van der Waals surface area contributed by atoms with Gasteiger partial charge in [-0.2, -0.15) is 0 Å². The highest BCUT2D eigenvalue weighted by Gasteiger charge is 2.16. The zero-order chi connectivity index (χ0) is 16.1. The third kappa shape index (κ3) is 4.25. The van der Waals surface area contributed by atoms with Gasteiger partial charge in [-0.05, 0) is 44.9 Å². The van der Waals surface area contributed by atoms with Crippen LogP contribution >= 0.6 is 11.3 Å². The molecule has 2 rings (SSSR count). The molecule has 1 aromatic heterocycles. The number of nitrogens with one attached hydrogen (secondary N) is 1. The fourth-order valence-electron chi connectivity index (χ4n) is 2.13. The lowest BCUT2D eigenvalue weighted by Crippen LogP contribution is -2.28. The summed E-state index contributed by atoms with van der Waals surface area (Å²) in [6, 6.07) is 4.17. The highest BCUT2D eigenvalue weighted by atomic mass is 32.1. The smallest absolute Gasteiger partial charge is 0.254 e. The summed E-state index contributed by atoms with van der Waals surface area (Å²) in [6.07, 6.45) is -0.532. The zero-order valence-electron chi connectivity index (χ0n) is 13.4. The minimum absolute atomic E-state index is 0.190. The third-order valence-electron chi connectivity index (χ3n) is 3.23. The maximum Gasteiger partial charge on any atom is 0.254 e. The molecule has 0 aliphatic rings. The number of anilines is 1. The van der Waals surface area contributed by atoms with Crippen LogP contribution in [-0.4, -0.2) is 36.8 Å². The van der Waals surface area contributed by atoms with Crippen molar-refractivity contribution in [3.63, 3.8) is 0 Å². The number of hydrogen-bond acceptors (Lipinski definition) is 5. The van der Waals surface area contributed by atoms with Crippen molar-refractivity contribution >= 4 is 32.6 Å². The largest absolute Gasteiger partial charge is 0.379 e. The van der Waals surface area contributed by atoms with Crippen molar-refractivity contribution in [3.05, 3.63) is 23.3 Å². The Balaban J connectivity index is 1.98. The van der Waals surface area contributed by atoms with E-state index in [9.17, 15) is 4.79 Å². The summed E-state index contributed by atoms with van der Waals surface area (Å²) in [5.41, 5.74) is 3.25. The quantitative estimate of drug-likeness (QED) is 0.795. The number of benzene rings is 1. The summed E-state index contributed by atoms with van der Waals surface area (Å²) < 4.78 is 11.7. The summed E-state index contributed by atoms with van der Waals surface area (Å²) in [7, 11) is 0. The van der Waals surface area contributed by atoms with Gasteiger partial charge in [0.2, 0.25) is 0 Å². The summed E-state index contributed by atoms with van der Waals surface area (Å²) in [6.45, 7) is 9.28. The van der Waals surface area contributed by atoms with Gasteiger partial charge in [-0.15, -0.1) is 0 Å². The Morgan fingerprint density at radius 1 is 1.36 bits per heavy atom. The molecule has 0 radical (unpaired) electrons. The molecule has 1 unspecified atom stereocenters. The second kappa shape index (κ2) is 7.67. The Kier molecular flexibility index (Phi) is 5.88. The first-order valence-corrected chi connectivity index (χ1v) is 8.21. The molecule has 0 fully saturated rings. The molecule has 0 spiro atoms. The topological polar surface area (TPSA) is 60.5 Å². The molecule has 1 amide bonds. The number of nitrogens with zero attached hydrogens (tertiary/aromatic N) is 1. The van der Waals surface area contributed by atoms with Gasteiger partial charge in [0, 0.05) is 6.61 Å². The van der Waals surface area contributed by atoms with Gasteiger partial charge in [-0.3, -0.25) is 10.1 Å². The fraction of sp³-hybridized carbons (Fsp3) is 0.500. The first-order valence-electron chi connectivity index (χ1n) is 7.39. The summed E-state index contributed by atoms with van der Waals surface area (Å²) in [4.78, 5) is 16.6. The first kappa shape index (κ1) is 16.9. The van der Waals surface area contributed by atoms with E-state index in [1.165, 1.54) is 16.9 Å². The zero-order valence-corrected chi connectivity index (χ0v) is 14.3. The van der Waals surface area contributed by atoms with Gasteiger partial charge in [0.25, 0.3) is 5.91 Å². The molecule has 2 aromatic rings. The van der Waals surface area contributed by atoms with Gasteiger partial charge in [0.1, 0.15) is 6.10 Å². The predicted octanol–water partition coefficient (Wildman–Crippen LogP) is 3.29. The maximum absolute atomic E-state index is 12.1. The van der Waals surface area contributed by atoms with E-state index in [1.807, 2.05) is 13.8 Å². The second-order valence-electron chi connectivity index (χ2n) is 5.15. The normalized spacial score (nSPS) is 12.5. The monoisotopic (exact) mass is 322 g/mol. The molecule has 0 aliphatic carbocycles. The van der Waals surface area contributed by atoms with Crippen LogP contribution in [0.2, 0.25) is 0 Å². The Labute approximate surface area is 134 Å². The predicted molar refractivity (Wildman–Crippen MR) is 89.6 cm³/mol. The molecule has 120 valence electrons. The standard InChI is InChI=1S/C16H22N2O3S/c1-5-20-6-7-21-12(4)15(19)18-16-17-14-11(3)8-10(2)9-13(14)22-16/h8-9,12H,5-7H2,1-4H3,(H,17,18,19). The van der Waals surface area contributed by atoms with Crippen molar-refractivity contribution in [1.82, 2.24) is 4.98 Å². The Bertz CT molecular complexity index is 654. The molecule has 0 saturated carbocycles. The number of carbonyl (C=O) groups excluding carboxylic acids is 1. The molecule has 1 atom stereocenters. The molecule has 5 nitrogen and oxygen atoms in total. The second-order valence-corrected chi connectivity index (χ2v) is 6.18. The van der Waals surface area contributed by atoms with Crippen LogP contribution in [0, 0.1) is 13.8 Å². The third-order valence-corrected chi connectivity index (χ3v) is 4.15. The van der Waals surface area contributed by atoms with Gasteiger partial charge in [0.05, 0.1) is 23.4 Å². The molecule has 1 N–H and O–H groups in total. The summed E-state index contributed by atoms with van der Waals surface area (Å²) in [5, 5.41) is 3.43. The average Bonchev–Trinajstić information content (AvgIpc) is 2.86. The lowest BCUT2D eigenvalue weighted by Gasteiger charge is -2.11. The Morgan fingerprint density at radius 2 is 2.14 bits per heavy atom. The van der Waals surface area contributed by atoms with Crippen LogP contribution < -0.4 is 5.32 Å². The van der Waals surface area contributed by atoms with Crippen molar-refractivity contribution < 1.29 is 14.3 Å². The first-order chi connectivity index (χ1) is 10.5. The van der Waals surface area contributed by atoms with E-state index in [2.05, 4.69) is 29.4 Å². The van der Waals surface area contributed by atoms with Crippen LogP contribution in [-0.2, 0) is 14.3 Å². The van der Waals surface area contributed by atoms with E-state index in [1.54, 1.807) is 6.92 Å². The molecule has 1 heterocycles. The van der Waals surface area contributed by atoms with Crippen LogP contribution in [0.5, 0.6) is 0 Å². The van der Waals surface area contributed by atoms with E-state index in [0.29, 0.717) is 25.0 Å². The maximum atomic E-state index is 12.1. The van der Waals surface area contributed by atoms with Gasteiger partial charge in [-0.25, -0.2) is 4.98 Å². The number of amides is 1. The Morgan fingerprint density at radius 3 is 2.86 bits per heavy atom. The number of rotatable bonds is 7. The number of fused-ring (bicyclic) bond motifs is 1. The number of aromatic nitrogens is 1. The van der Waals surface area contributed by atoms with Gasteiger partial charge in [0.15, 0.2) is 5.13 Å². The van der Waals surface area contributed by atoms with Crippen molar-refractivity contribution in [2.24, 2.45) is 0 Å². The molecule has 6 heteroatoms. The van der Waals surface area contributed by atoms with E-state index in [4.69, 9.17) is 9.47 Å². The van der Waals surface area contributed by atoms with Gasteiger partial charge in [-0.1, -0.05) is 17.4 Å². The van der Waals surface area contributed by atoms with Crippen molar-refractivity contribution in [2.75, 3.05) is 25.1 Å². The SMILES string of the molecule is CCOCCOC(C)C(=O)Nc1nc2c(C)cc(C)cc2s1. The Hall–Kier alpha value is -1.50. The van der Waals surface area contributed by atoms with Crippen molar-refractivity contribution in [2.45, 2.75) is 33.8 Å².